The van der Waals surface area contributed by atoms with Crippen LogP contribution < -0.4 is 26.2 Å². The quantitative estimate of drug-likeness (QED) is 0.123. The van der Waals surface area contributed by atoms with Crippen molar-refractivity contribution >= 4 is 57.2 Å². The topological polar surface area (TPSA) is 6.48 Å². The van der Waals surface area contributed by atoms with Gasteiger partial charge in [-0.15, -0.1) is 5.92 Å². The highest BCUT2D eigenvalue weighted by Gasteiger charge is 2.44. The van der Waals surface area contributed by atoms with Gasteiger partial charge in [-0.25, -0.2) is 0 Å². The van der Waals surface area contributed by atoms with Gasteiger partial charge in [0.15, 0.2) is 0 Å². The van der Waals surface area contributed by atoms with Gasteiger partial charge in [-0.2, -0.15) is 0 Å². The van der Waals surface area contributed by atoms with Crippen molar-refractivity contribution in [2.45, 2.75) is 6.92 Å². The van der Waals surface area contributed by atoms with Crippen molar-refractivity contribution in [2.24, 2.45) is 0 Å². The van der Waals surface area contributed by atoms with Crippen LogP contribution in [0.5, 0.6) is 0 Å². The van der Waals surface area contributed by atoms with Crippen LogP contribution in [0, 0.1) is 11.8 Å². The average molecular weight is 763 g/mol. The molecule has 0 radical (unpaired) electrons. The molecular formula is C57H39BN2. The third-order valence-corrected chi connectivity index (χ3v) is 12.0. The Kier molecular flexibility index (Phi) is 8.76. The second kappa shape index (κ2) is 14.9. The largest absolute Gasteiger partial charge is 0.311 e. The molecule has 0 atom stereocenters. The lowest BCUT2D eigenvalue weighted by Crippen LogP contribution is -2.61. The maximum Gasteiger partial charge on any atom is 0.252 e. The molecule has 9 aromatic carbocycles. The highest BCUT2D eigenvalue weighted by molar-refractivity contribution is 7.00. The summed E-state index contributed by atoms with van der Waals surface area (Å²) in [5.41, 5.74) is 21.2. The Morgan fingerprint density at radius 3 is 1.03 bits per heavy atom. The molecule has 280 valence electrons. The molecule has 0 bridgehead atoms. The first-order chi connectivity index (χ1) is 29.7. The van der Waals surface area contributed by atoms with Crippen LogP contribution in [-0.2, 0) is 0 Å². The fourth-order valence-electron chi connectivity index (χ4n) is 9.27. The Morgan fingerprint density at radius 2 is 0.667 bits per heavy atom. The maximum absolute atomic E-state index is 3.48. The van der Waals surface area contributed by atoms with E-state index in [9.17, 15) is 0 Å². The van der Waals surface area contributed by atoms with E-state index in [1.165, 1.54) is 72.3 Å². The summed E-state index contributed by atoms with van der Waals surface area (Å²) in [4.78, 5) is 4.94. The van der Waals surface area contributed by atoms with E-state index in [4.69, 9.17) is 0 Å². The first-order valence-corrected chi connectivity index (χ1v) is 20.6. The van der Waals surface area contributed by atoms with E-state index < -0.39 is 0 Å². The molecule has 3 heteroatoms. The van der Waals surface area contributed by atoms with Gasteiger partial charge in [0.2, 0.25) is 0 Å². The van der Waals surface area contributed by atoms with E-state index in [1.54, 1.807) is 0 Å². The molecule has 9 aromatic rings. The average Bonchev–Trinajstić information content (AvgIpc) is 3.32. The van der Waals surface area contributed by atoms with Crippen LogP contribution in [0.15, 0.2) is 218 Å². The normalized spacial score (nSPS) is 12.2. The van der Waals surface area contributed by atoms with Crippen molar-refractivity contribution in [2.75, 3.05) is 9.80 Å². The van der Waals surface area contributed by atoms with Crippen LogP contribution >= 0.6 is 0 Å². The second-order valence-corrected chi connectivity index (χ2v) is 15.5. The molecule has 0 amide bonds. The van der Waals surface area contributed by atoms with E-state index in [0.717, 1.165) is 28.3 Å². The molecular weight excluding hydrogens is 723 g/mol. The second-order valence-electron chi connectivity index (χ2n) is 15.5. The van der Waals surface area contributed by atoms with Gasteiger partial charge in [-0.1, -0.05) is 176 Å². The van der Waals surface area contributed by atoms with Gasteiger partial charge in [-0.3, -0.25) is 0 Å². The lowest BCUT2D eigenvalue weighted by Gasteiger charge is -2.44. The minimum Gasteiger partial charge on any atom is -0.311 e. The summed E-state index contributed by atoms with van der Waals surface area (Å²) in [6.07, 6.45) is 0. The summed E-state index contributed by atoms with van der Waals surface area (Å²) in [6, 6.07) is 79.6. The van der Waals surface area contributed by atoms with Crippen LogP contribution in [0.4, 0.5) is 34.1 Å². The van der Waals surface area contributed by atoms with Crippen LogP contribution in [0.3, 0.4) is 0 Å². The van der Waals surface area contributed by atoms with Crippen LogP contribution in [-0.4, -0.2) is 6.71 Å². The molecule has 2 aliphatic rings. The molecule has 0 spiro atoms. The Morgan fingerprint density at radius 1 is 0.333 bits per heavy atom. The smallest absolute Gasteiger partial charge is 0.252 e. The number of rotatable bonds is 6. The molecule has 0 unspecified atom stereocenters. The molecule has 2 heterocycles. The summed E-state index contributed by atoms with van der Waals surface area (Å²) in [5.74, 6) is 6.72. The third kappa shape index (κ3) is 6.10. The van der Waals surface area contributed by atoms with Gasteiger partial charge < -0.3 is 9.80 Å². The SMILES string of the molecule is CC#Cc1cc2c3c(c1)N(c1ccc(-c4ccccc4)cc1)c1ccc(-c4ccccc4)cc1B3c1cc(-c3ccccc3)ccc1N2c1ccc(-c2ccccc2)cc1. The molecule has 60 heavy (non-hydrogen) atoms. The predicted octanol–water partition coefficient (Wildman–Crippen LogP) is 12.8. The monoisotopic (exact) mass is 762 g/mol. The number of benzene rings is 9. The first-order valence-electron chi connectivity index (χ1n) is 20.6. The zero-order valence-corrected chi connectivity index (χ0v) is 33.3. The minimum absolute atomic E-state index is 0.0457. The number of nitrogens with zero attached hydrogens (tertiary/aromatic N) is 2. The van der Waals surface area contributed by atoms with Crippen molar-refractivity contribution in [3.05, 3.63) is 224 Å². The summed E-state index contributed by atoms with van der Waals surface area (Å²) in [6.45, 7) is 1.88. The van der Waals surface area contributed by atoms with Crippen molar-refractivity contribution < 1.29 is 0 Å². The van der Waals surface area contributed by atoms with E-state index in [0.29, 0.717) is 0 Å². The van der Waals surface area contributed by atoms with Gasteiger partial charge in [0.1, 0.15) is 0 Å². The van der Waals surface area contributed by atoms with E-state index >= 15 is 0 Å². The van der Waals surface area contributed by atoms with Crippen LogP contribution in [0.1, 0.15) is 12.5 Å². The lowest BCUT2D eigenvalue weighted by molar-refractivity contribution is 1.25. The van der Waals surface area contributed by atoms with Crippen LogP contribution in [0.25, 0.3) is 44.5 Å². The Balaban J connectivity index is 1.19. The van der Waals surface area contributed by atoms with Crippen LogP contribution in [0.2, 0.25) is 0 Å². The first kappa shape index (κ1) is 35.4. The molecule has 0 saturated heterocycles. The molecule has 0 saturated carbocycles. The van der Waals surface area contributed by atoms with Gasteiger partial charge >= 0.3 is 0 Å². The van der Waals surface area contributed by atoms with Gasteiger partial charge in [0.25, 0.3) is 6.71 Å². The van der Waals surface area contributed by atoms with Gasteiger partial charge in [-0.05, 0) is 116 Å². The number of fused-ring (bicyclic) bond motifs is 4. The van der Waals surface area contributed by atoms with Crippen molar-refractivity contribution in [1.82, 2.24) is 0 Å². The fourth-order valence-corrected chi connectivity index (χ4v) is 9.27. The molecule has 0 fully saturated rings. The Bertz CT molecular complexity index is 2880. The minimum atomic E-state index is -0.0457. The standard InChI is InChI=1S/C57H39BN2/c1-2-15-40-36-55-57-56(37-40)60(50-32-26-46(27-33-50)42-18-9-4-10-19-42)54-35-29-48(44-22-13-6-14-23-44)39-52(54)58(57)51-38-47(43-20-11-5-12-21-43)28-34-53(51)59(55)49-30-24-45(25-31-49)41-16-7-3-8-17-41/h3-14,16-39H,1H3. The molecule has 2 aliphatic heterocycles. The highest BCUT2D eigenvalue weighted by Crippen LogP contribution is 2.46. The van der Waals surface area contributed by atoms with Gasteiger partial charge in [0.05, 0.1) is 0 Å². The molecule has 0 aliphatic carbocycles. The van der Waals surface area contributed by atoms with Crippen molar-refractivity contribution in [3.8, 4) is 56.3 Å². The number of anilines is 6. The summed E-state index contributed by atoms with van der Waals surface area (Å²) >= 11 is 0. The Labute approximate surface area is 352 Å². The van der Waals surface area contributed by atoms with E-state index in [2.05, 4.69) is 240 Å². The summed E-state index contributed by atoms with van der Waals surface area (Å²) in [5, 5.41) is 0. The van der Waals surface area contributed by atoms with E-state index in [-0.39, 0.29) is 6.71 Å². The number of hydrogen-bond acceptors (Lipinski definition) is 2. The Hall–Kier alpha value is -7.80. The summed E-state index contributed by atoms with van der Waals surface area (Å²) in [7, 11) is 0. The molecule has 11 rings (SSSR count). The molecule has 0 N–H and O–H groups in total. The lowest BCUT2D eigenvalue weighted by atomic mass is 9.33. The highest BCUT2D eigenvalue weighted by atomic mass is 15.2. The van der Waals surface area contributed by atoms with Gasteiger partial charge in [0, 0.05) is 39.7 Å². The van der Waals surface area contributed by atoms with Crippen molar-refractivity contribution in [3.63, 3.8) is 0 Å². The fraction of sp³-hybridized carbons (Fsp3) is 0.0175. The molecule has 2 nitrogen and oxygen atoms in total. The third-order valence-electron chi connectivity index (χ3n) is 12.0. The summed E-state index contributed by atoms with van der Waals surface area (Å²) < 4.78 is 0. The number of hydrogen-bond donors (Lipinski definition) is 0. The van der Waals surface area contributed by atoms with E-state index in [1.807, 2.05) is 6.92 Å². The zero-order chi connectivity index (χ0) is 40.0. The maximum atomic E-state index is 3.48. The predicted molar refractivity (Wildman–Crippen MR) is 255 cm³/mol. The zero-order valence-electron chi connectivity index (χ0n) is 33.3. The molecule has 0 aromatic heterocycles. The van der Waals surface area contributed by atoms with Crippen molar-refractivity contribution in [1.29, 1.82) is 0 Å².